The van der Waals surface area contributed by atoms with Crippen LogP contribution in [0.5, 0.6) is 0 Å². The Kier molecular flexibility index (Phi) is 5.10. The number of rotatable bonds is 5. The van der Waals surface area contributed by atoms with E-state index in [1.165, 1.54) is 11.8 Å². The molecular formula is C15H21NO3. The number of carboxylic acid groups (broad SMARTS) is 1. The van der Waals surface area contributed by atoms with Gasteiger partial charge in [-0.05, 0) is 37.0 Å². The van der Waals surface area contributed by atoms with Crippen LogP contribution in [-0.4, -0.2) is 28.4 Å². The molecule has 0 aliphatic rings. The number of benzene rings is 1. The van der Waals surface area contributed by atoms with Crippen LogP contribution in [0.3, 0.4) is 0 Å². The summed E-state index contributed by atoms with van der Waals surface area (Å²) >= 11 is 0. The molecule has 1 atom stereocenters. The monoisotopic (exact) mass is 263 g/mol. The molecule has 0 saturated heterocycles. The number of nitrogens with zero attached hydrogens (tertiary/aromatic N) is 1. The number of carbonyl (C=O) groups excluding carboxylic acids is 1. The SMILES string of the molecule is CCCN(C(C)=O)C(C(=O)O)c1cccc(C)c1C. The van der Waals surface area contributed by atoms with Crippen molar-refractivity contribution in [2.45, 2.75) is 40.2 Å². The number of aryl methyl sites for hydroxylation is 1. The molecule has 0 radical (unpaired) electrons. The smallest absolute Gasteiger partial charge is 0.331 e. The van der Waals surface area contributed by atoms with Crippen LogP contribution in [0.2, 0.25) is 0 Å². The van der Waals surface area contributed by atoms with Crippen LogP contribution >= 0.6 is 0 Å². The Balaban J connectivity index is 3.30. The van der Waals surface area contributed by atoms with E-state index in [0.717, 1.165) is 17.5 Å². The maximum absolute atomic E-state index is 11.7. The van der Waals surface area contributed by atoms with E-state index in [1.54, 1.807) is 6.07 Å². The summed E-state index contributed by atoms with van der Waals surface area (Å²) in [6.45, 7) is 7.62. The van der Waals surface area contributed by atoms with Crippen molar-refractivity contribution in [3.63, 3.8) is 0 Å². The fourth-order valence-corrected chi connectivity index (χ4v) is 2.21. The van der Waals surface area contributed by atoms with Crippen molar-refractivity contribution in [1.29, 1.82) is 0 Å². The lowest BCUT2D eigenvalue weighted by Crippen LogP contribution is -2.38. The van der Waals surface area contributed by atoms with Gasteiger partial charge in [-0.2, -0.15) is 0 Å². The van der Waals surface area contributed by atoms with E-state index < -0.39 is 12.0 Å². The lowest BCUT2D eigenvalue weighted by atomic mass is 9.96. The number of hydrogen-bond acceptors (Lipinski definition) is 2. The van der Waals surface area contributed by atoms with Crippen LogP contribution in [-0.2, 0) is 9.59 Å². The highest BCUT2D eigenvalue weighted by Gasteiger charge is 2.30. The number of carbonyl (C=O) groups is 2. The average molecular weight is 263 g/mol. The molecule has 0 aliphatic heterocycles. The molecule has 19 heavy (non-hydrogen) atoms. The summed E-state index contributed by atoms with van der Waals surface area (Å²) in [7, 11) is 0. The van der Waals surface area contributed by atoms with E-state index in [-0.39, 0.29) is 5.91 Å². The lowest BCUT2D eigenvalue weighted by Gasteiger charge is -2.29. The van der Waals surface area contributed by atoms with Gasteiger partial charge in [0.2, 0.25) is 5.91 Å². The Labute approximate surface area is 114 Å². The molecule has 0 aromatic heterocycles. The Bertz CT molecular complexity index is 482. The van der Waals surface area contributed by atoms with Crippen molar-refractivity contribution in [3.05, 3.63) is 34.9 Å². The van der Waals surface area contributed by atoms with Gasteiger partial charge < -0.3 is 10.0 Å². The van der Waals surface area contributed by atoms with Gasteiger partial charge in [0.05, 0.1) is 0 Å². The quantitative estimate of drug-likeness (QED) is 0.888. The highest BCUT2D eigenvalue weighted by Crippen LogP contribution is 2.26. The molecule has 0 heterocycles. The van der Waals surface area contributed by atoms with Crippen molar-refractivity contribution in [3.8, 4) is 0 Å². The van der Waals surface area contributed by atoms with Gasteiger partial charge in [-0.1, -0.05) is 25.1 Å². The minimum atomic E-state index is -0.989. The highest BCUT2D eigenvalue weighted by molar-refractivity contribution is 5.83. The first kappa shape index (κ1) is 15.2. The molecule has 0 spiro atoms. The lowest BCUT2D eigenvalue weighted by molar-refractivity contribution is -0.149. The van der Waals surface area contributed by atoms with Gasteiger partial charge in [0.1, 0.15) is 0 Å². The Morgan fingerprint density at radius 3 is 2.42 bits per heavy atom. The van der Waals surface area contributed by atoms with E-state index in [1.807, 2.05) is 32.9 Å². The van der Waals surface area contributed by atoms with Gasteiger partial charge in [0, 0.05) is 13.5 Å². The summed E-state index contributed by atoms with van der Waals surface area (Å²) in [6.07, 6.45) is 0.730. The van der Waals surface area contributed by atoms with Gasteiger partial charge in [0.25, 0.3) is 0 Å². The molecule has 1 rings (SSSR count). The molecule has 0 aliphatic carbocycles. The number of hydrogen-bond donors (Lipinski definition) is 1. The second kappa shape index (κ2) is 6.36. The Morgan fingerprint density at radius 2 is 1.95 bits per heavy atom. The van der Waals surface area contributed by atoms with E-state index in [4.69, 9.17) is 0 Å². The number of amides is 1. The van der Waals surface area contributed by atoms with Crippen LogP contribution in [0.4, 0.5) is 0 Å². The van der Waals surface area contributed by atoms with Crippen LogP contribution in [0.15, 0.2) is 18.2 Å². The summed E-state index contributed by atoms with van der Waals surface area (Å²) in [6, 6.07) is 4.65. The molecule has 4 heteroatoms. The highest BCUT2D eigenvalue weighted by atomic mass is 16.4. The minimum absolute atomic E-state index is 0.213. The summed E-state index contributed by atoms with van der Waals surface area (Å²) in [4.78, 5) is 24.7. The van der Waals surface area contributed by atoms with E-state index in [2.05, 4.69) is 0 Å². The van der Waals surface area contributed by atoms with E-state index in [0.29, 0.717) is 12.1 Å². The molecule has 1 N–H and O–H groups in total. The largest absolute Gasteiger partial charge is 0.479 e. The minimum Gasteiger partial charge on any atom is -0.479 e. The first-order chi connectivity index (χ1) is 8.90. The summed E-state index contributed by atoms with van der Waals surface area (Å²) in [5, 5.41) is 9.49. The normalized spacial score (nSPS) is 12.0. The molecule has 0 saturated carbocycles. The molecule has 1 aromatic carbocycles. The fourth-order valence-electron chi connectivity index (χ4n) is 2.21. The van der Waals surface area contributed by atoms with Crippen LogP contribution in [0.1, 0.15) is 43.0 Å². The van der Waals surface area contributed by atoms with Gasteiger partial charge in [-0.3, -0.25) is 4.79 Å². The van der Waals surface area contributed by atoms with Crippen molar-refractivity contribution in [2.75, 3.05) is 6.54 Å². The second-order valence-electron chi connectivity index (χ2n) is 4.74. The Morgan fingerprint density at radius 1 is 1.32 bits per heavy atom. The Hall–Kier alpha value is -1.84. The van der Waals surface area contributed by atoms with E-state index in [9.17, 15) is 14.7 Å². The molecule has 104 valence electrons. The molecule has 1 aromatic rings. The summed E-state index contributed by atoms with van der Waals surface area (Å²) in [5.41, 5.74) is 2.65. The van der Waals surface area contributed by atoms with Crippen LogP contribution in [0, 0.1) is 13.8 Å². The van der Waals surface area contributed by atoms with Crippen molar-refractivity contribution in [2.24, 2.45) is 0 Å². The van der Waals surface area contributed by atoms with Crippen LogP contribution in [0.25, 0.3) is 0 Å². The number of aliphatic carboxylic acids is 1. The zero-order chi connectivity index (χ0) is 14.6. The standard InChI is InChI=1S/C15H21NO3/c1-5-9-16(12(4)17)14(15(18)19)13-8-6-7-10(2)11(13)3/h6-8,14H,5,9H2,1-4H3,(H,18,19). The first-order valence-electron chi connectivity index (χ1n) is 6.46. The molecular weight excluding hydrogens is 242 g/mol. The molecule has 0 fully saturated rings. The molecule has 0 bridgehead atoms. The average Bonchev–Trinajstić information content (AvgIpc) is 2.33. The topological polar surface area (TPSA) is 57.6 Å². The van der Waals surface area contributed by atoms with Crippen molar-refractivity contribution >= 4 is 11.9 Å². The zero-order valence-corrected chi connectivity index (χ0v) is 11.9. The van der Waals surface area contributed by atoms with Crippen LogP contribution < -0.4 is 0 Å². The van der Waals surface area contributed by atoms with Gasteiger partial charge >= 0.3 is 5.97 Å². The third-order valence-corrected chi connectivity index (χ3v) is 3.36. The summed E-state index contributed by atoms with van der Waals surface area (Å²) in [5.74, 6) is -1.20. The van der Waals surface area contributed by atoms with E-state index >= 15 is 0 Å². The molecule has 1 amide bonds. The number of carboxylic acids is 1. The van der Waals surface area contributed by atoms with Gasteiger partial charge in [-0.25, -0.2) is 4.79 Å². The maximum Gasteiger partial charge on any atom is 0.331 e. The predicted molar refractivity (Wildman–Crippen MR) is 74.0 cm³/mol. The third-order valence-electron chi connectivity index (χ3n) is 3.36. The second-order valence-corrected chi connectivity index (χ2v) is 4.74. The summed E-state index contributed by atoms with van der Waals surface area (Å²) < 4.78 is 0. The van der Waals surface area contributed by atoms with Crippen molar-refractivity contribution < 1.29 is 14.7 Å². The molecule has 4 nitrogen and oxygen atoms in total. The first-order valence-corrected chi connectivity index (χ1v) is 6.46. The predicted octanol–water partition coefficient (Wildman–Crippen LogP) is 2.69. The van der Waals surface area contributed by atoms with Gasteiger partial charge in [0.15, 0.2) is 6.04 Å². The fraction of sp³-hybridized carbons (Fsp3) is 0.467. The van der Waals surface area contributed by atoms with Gasteiger partial charge in [-0.15, -0.1) is 0 Å². The zero-order valence-electron chi connectivity index (χ0n) is 11.9. The maximum atomic E-state index is 11.7. The molecule has 1 unspecified atom stereocenters. The van der Waals surface area contributed by atoms with Crippen molar-refractivity contribution in [1.82, 2.24) is 4.90 Å². The third kappa shape index (κ3) is 3.34.